The molecule has 3 atom stereocenters. The minimum Gasteiger partial charge on any atom is -0.340 e. The number of hydrogen-bond acceptors (Lipinski definition) is 4. The molecule has 3 aliphatic heterocycles. The number of urea groups is 1. The standard InChI is InChI=1S/C14H22N4O3/c1-9-7-10(3-5-15-9)11(19)18-6-2-4-14(8-18)12(20)16-13(21)17-14/h9-10,15H,2-8H2,1H3,(H2,16,17,20,21). The van der Waals surface area contributed by atoms with Crippen LogP contribution in [0.5, 0.6) is 0 Å². The lowest BCUT2D eigenvalue weighted by Crippen LogP contribution is -2.60. The molecule has 0 aliphatic carbocycles. The maximum Gasteiger partial charge on any atom is 0.322 e. The van der Waals surface area contributed by atoms with Gasteiger partial charge in [0, 0.05) is 18.5 Å². The number of nitrogens with one attached hydrogen (secondary N) is 3. The zero-order valence-corrected chi connectivity index (χ0v) is 12.3. The van der Waals surface area contributed by atoms with Gasteiger partial charge in [-0.1, -0.05) is 0 Å². The van der Waals surface area contributed by atoms with Gasteiger partial charge < -0.3 is 15.5 Å². The Balaban J connectivity index is 1.70. The fourth-order valence-corrected chi connectivity index (χ4v) is 3.67. The van der Waals surface area contributed by atoms with Crippen LogP contribution in [-0.2, 0) is 9.59 Å². The van der Waals surface area contributed by atoms with Gasteiger partial charge in [-0.25, -0.2) is 4.79 Å². The normalized spacial score (nSPS) is 36.5. The molecule has 3 unspecified atom stereocenters. The minimum absolute atomic E-state index is 0.0246. The molecule has 0 saturated carbocycles. The Morgan fingerprint density at radius 3 is 2.86 bits per heavy atom. The van der Waals surface area contributed by atoms with Crippen molar-refractivity contribution in [3.05, 3.63) is 0 Å². The van der Waals surface area contributed by atoms with Crippen LogP contribution in [0.4, 0.5) is 4.79 Å². The highest BCUT2D eigenvalue weighted by Crippen LogP contribution is 2.27. The molecule has 3 heterocycles. The molecule has 3 aliphatic rings. The molecule has 3 N–H and O–H groups in total. The monoisotopic (exact) mass is 294 g/mol. The first kappa shape index (κ1) is 14.3. The predicted octanol–water partition coefficient (Wildman–Crippen LogP) is -0.425. The first-order valence-electron chi connectivity index (χ1n) is 7.66. The van der Waals surface area contributed by atoms with E-state index in [0.717, 1.165) is 25.8 Å². The summed E-state index contributed by atoms with van der Waals surface area (Å²) in [7, 11) is 0. The Bertz CT molecular complexity index is 481. The Morgan fingerprint density at radius 2 is 2.19 bits per heavy atom. The van der Waals surface area contributed by atoms with Crippen molar-refractivity contribution in [3.8, 4) is 0 Å². The second-order valence-electron chi connectivity index (χ2n) is 6.43. The Labute approximate surface area is 123 Å². The van der Waals surface area contributed by atoms with Gasteiger partial charge in [0.25, 0.3) is 5.91 Å². The van der Waals surface area contributed by atoms with Crippen LogP contribution in [-0.4, -0.2) is 54.0 Å². The molecule has 0 aromatic rings. The van der Waals surface area contributed by atoms with E-state index in [9.17, 15) is 14.4 Å². The zero-order chi connectivity index (χ0) is 15.0. The van der Waals surface area contributed by atoms with E-state index in [-0.39, 0.29) is 17.7 Å². The summed E-state index contributed by atoms with van der Waals surface area (Å²) >= 11 is 0. The third kappa shape index (κ3) is 2.62. The van der Waals surface area contributed by atoms with Gasteiger partial charge in [-0.05, 0) is 39.2 Å². The van der Waals surface area contributed by atoms with E-state index in [1.807, 2.05) is 0 Å². The van der Waals surface area contributed by atoms with Crippen molar-refractivity contribution in [2.24, 2.45) is 5.92 Å². The molecule has 7 heteroatoms. The summed E-state index contributed by atoms with van der Waals surface area (Å²) in [5.74, 6) is -0.156. The number of rotatable bonds is 1. The van der Waals surface area contributed by atoms with E-state index in [4.69, 9.17) is 0 Å². The molecule has 3 saturated heterocycles. The van der Waals surface area contributed by atoms with Crippen molar-refractivity contribution in [2.75, 3.05) is 19.6 Å². The van der Waals surface area contributed by atoms with E-state index in [2.05, 4.69) is 22.9 Å². The number of hydrogen-bond donors (Lipinski definition) is 3. The van der Waals surface area contributed by atoms with Crippen molar-refractivity contribution in [1.82, 2.24) is 20.9 Å². The largest absolute Gasteiger partial charge is 0.340 e. The molecular weight excluding hydrogens is 272 g/mol. The molecule has 116 valence electrons. The van der Waals surface area contributed by atoms with Crippen molar-refractivity contribution >= 4 is 17.8 Å². The number of amides is 4. The van der Waals surface area contributed by atoms with Gasteiger partial charge in [0.2, 0.25) is 5.91 Å². The summed E-state index contributed by atoms with van der Waals surface area (Å²) in [5.41, 5.74) is -0.913. The SMILES string of the molecule is CC1CC(C(=O)N2CCCC3(C2)NC(=O)NC3=O)CCN1. The third-order valence-electron chi connectivity index (χ3n) is 4.79. The maximum atomic E-state index is 12.7. The van der Waals surface area contributed by atoms with Crippen LogP contribution in [0.3, 0.4) is 0 Å². The van der Waals surface area contributed by atoms with Gasteiger partial charge in [0.05, 0.1) is 6.54 Å². The summed E-state index contributed by atoms with van der Waals surface area (Å²) in [6.45, 7) is 3.90. The highest BCUT2D eigenvalue weighted by atomic mass is 16.2. The number of likely N-dealkylation sites (tertiary alicyclic amines) is 1. The Hall–Kier alpha value is -1.63. The summed E-state index contributed by atoms with van der Waals surface area (Å²) in [5, 5.41) is 8.34. The van der Waals surface area contributed by atoms with Crippen LogP contribution in [0.2, 0.25) is 0 Å². The molecule has 21 heavy (non-hydrogen) atoms. The Kier molecular flexibility index (Phi) is 3.61. The third-order valence-corrected chi connectivity index (χ3v) is 4.79. The summed E-state index contributed by atoms with van der Waals surface area (Å²) in [6.07, 6.45) is 3.00. The predicted molar refractivity (Wildman–Crippen MR) is 75.4 cm³/mol. The quantitative estimate of drug-likeness (QED) is 0.573. The van der Waals surface area contributed by atoms with Crippen LogP contribution in [0.1, 0.15) is 32.6 Å². The molecule has 0 aromatic heterocycles. The van der Waals surface area contributed by atoms with Gasteiger partial charge >= 0.3 is 6.03 Å². The maximum absolute atomic E-state index is 12.7. The average molecular weight is 294 g/mol. The van der Waals surface area contributed by atoms with Crippen molar-refractivity contribution in [1.29, 1.82) is 0 Å². The molecule has 3 rings (SSSR count). The zero-order valence-electron chi connectivity index (χ0n) is 12.3. The van der Waals surface area contributed by atoms with Gasteiger partial charge in [-0.3, -0.25) is 14.9 Å². The highest BCUT2D eigenvalue weighted by molar-refractivity contribution is 6.07. The van der Waals surface area contributed by atoms with Crippen LogP contribution < -0.4 is 16.0 Å². The van der Waals surface area contributed by atoms with Crippen LogP contribution in [0, 0.1) is 5.92 Å². The average Bonchev–Trinajstić information content (AvgIpc) is 2.72. The van der Waals surface area contributed by atoms with Gasteiger partial charge in [-0.15, -0.1) is 0 Å². The minimum atomic E-state index is -0.913. The molecule has 0 bridgehead atoms. The second-order valence-corrected chi connectivity index (χ2v) is 6.43. The van der Waals surface area contributed by atoms with E-state index in [0.29, 0.717) is 25.6 Å². The lowest BCUT2D eigenvalue weighted by atomic mass is 9.86. The number of piperidine rings is 2. The van der Waals surface area contributed by atoms with E-state index in [1.165, 1.54) is 0 Å². The lowest BCUT2D eigenvalue weighted by Gasteiger charge is -2.40. The van der Waals surface area contributed by atoms with Crippen LogP contribution in [0.15, 0.2) is 0 Å². The number of carbonyl (C=O) groups is 3. The van der Waals surface area contributed by atoms with E-state index in [1.54, 1.807) is 4.90 Å². The molecule has 1 spiro atoms. The van der Waals surface area contributed by atoms with Gasteiger partial charge in [-0.2, -0.15) is 0 Å². The summed E-state index contributed by atoms with van der Waals surface area (Å²) in [6, 6.07) is -0.106. The fraction of sp³-hybridized carbons (Fsp3) is 0.786. The molecule has 4 amide bonds. The number of carbonyl (C=O) groups excluding carboxylic acids is 3. The number of nitrogens with zero attached hydrogens (tertiary/aromatic N) is 1. The molecular formula is C14H22N4O3. The van der Waals surface area contributed by atoms with E-state index < -0.39 is 11.6 Å². The second kappa shape index (κ2) is 5.29. The number of imide groups is 1. The topological polar surface area (TPSA) is 90.5 Å². The Morgan fingerprint density at radius 1 is 1.38 bits per heavy atom. The van der Waals surface area contributed by atoms with Crippen LogP contribution in [0.25, 0.3) is 0 Å². The molecule has 0 radical (unpaired) electrons. The first-order chi connectivity index (χ1) is 10.00. The lowest BCUT2D eigenvalue weighted by molar-refractivity contribution is -0.140. The molecule has 7 nitrogen and oxygen atoms in total. The van der Waals surface area contributed by atoms with Crippen LogP contribution >= 0.6 is 0 Å². The molecule has 3 fully saturated rings. The van der Waals surface area contributed by atoms with Gasteiger partial charge in [0.15, 0.2) is 0 Å². The highest BCUT2D eigenvalue weighted by Gasteiger charge is 2.50. The van der Waals surface area contributed by atoms with Crippen molar-refractivity contribution in [3.63, 3.8) is 0 Å². The summed E-state index contributed by atoms with van der Waals surface area (Å²) in [4.78, 5) is 37.9. The van der Waals surface area contributed by atoms with Crippen molar-refractivity contribution in [2.45, 2.75) is 44.2 Å². The first-order valence-corrected chi connectivity index (χ1v) is 7.66. The summed E-state index contributed by atoms with van der Waals surface area (Å²) < 4.78 is 0. The van der Waals surface area contributed by atoms with E-state index >= 15 is 0 Å². The fourth-order valence-electron chi connectivity index (χ4n) is 3.67. The smallest absolute Gasteiger partial charge is 0.322 e. The van der Waals surface area contributed by atoms with Gasteiger partial charge in [0.1, 0.15) is 5.54 Å². The van der Waals surface area contributed by atoms with Crippen molar-refractivity contribution < 1.29 is 14.4 Å². The molecule has 0 aromatic carbocycles.